The standard InChI is InChI=1S/C18H18INS/c1-2-20-17(11-13-7-9-14(19)10-8-13)16-12-21-18-6-4-3-5-15(16)18/h3-10,12,17,20H,2,11H2,1H3. The van der Waals surface area contributed by atoms with E-state index in [1.54, 1.807) is 0 Å². The second-order valence-electron chi connectivity index (χ2n) is 5.13. The topological polar surface area (TPSA) is 12.0 Å². The molecule has 0 aliphatic heterocycles. The third-order valence-electron chi connectivity index (χ3n) is 3.69. The molecule has 3 aromatic rings. The molecule has 0 fully saturated rings. The normalized spacial score (nSPS) is 12.7. The van der Waals surface area contributed by atoms with Crippen LogP contribution in [0.4, 0.5) is 0 Å². The Bertz CT molecular complexity index is 717. The Morgan fingerprint density at radius 1 is 1.10 bits per heavy atom. The van der Waals surface area contributed by atoms with Gasteiger partial charge < -0.3 is 5.32 Å². The maximum atomic E-state index is 3.65. The molecule has 0 aliphatic carbocycles. The van der Waals surface area contributed by atoms with Crippen LogP contribution in [-0.4, -0.2) is 6.54 Å². The van der Waals surface area contributed by atoms with E-state index in [1.807, 2.05) is 11.3 Å². The van der Waals surface area contributed by atoms with Crippen LogP contribution in [0.1, 0.15) is 24.1 Å². The monoisotopic (exact) mass is 407 g/mol. The van der Waals surface area contributed by atoms with Gasteiger partial charge in [-0.2, -0.15) is 0 Å². The molecule has 0 saturated heterocycles. The Hall–Kier alpha value is -0.910. The van der Waals surface area contributed by atoms with Crippen LogP contribution in [0.15, 0.2) is 53.9 Å². The molecular formula is C18H18INS. The van der Waals surface area contributed by atoms with Crippen molar-refractivity contribution in [3.63, 3.8) is 0 Å². The molecule has 1 aromatic heterocycles. The summed E-state index contributed by atoms with van der Waals surface area (Å²) in [7, 11) is 0. The number of hydrogen-bond donors (Lipinski definition) is 1. The summed E-state index contributed by atoms with van der Waals surface area (Å²) in [5, 5.41) is 7.34. The van der Waals surface area contributed by atoms with E-state index in [0.29, 0.717) is 6.04 Å². The van der Waals surface area contributed by atoms with E-state index in [9.17, 15) is 0 Å². The third kappa shape index (κ3) is 3.47. The molecule has 0 aliphatic rings. The van der Waals surface area contributed by atoms with Gasteiger partial charge in [-0.05, 0) is 75.6 Å². The van der Waals surface area contributed by atoms with E-state index in [-0.39, 0.29) is 0 Å². The highest BCUT2D eigenvalue weighted by molar-refractivity contribution is 14.1. The third-order valence-corrected chi connectivity index (χ3v) is 5.39. The molecule has 1 heterocycles. The lowest BCUT2D eigenvalue weighted by atomic mass is 9.98. The highest BCUT2D eigenvalue weighted by atomic mass is 127. The minimum absolute atomic E-state index is 0.381. The molecule has 1 unspecified atom stereocenters. The first-order valence-corrected chi connectivity index (χ1v) is 9.17. The second kappa shape index (κ2) is 6.90. The van der Waals surface area contributed by atoms with Crippen molar-refractivity contribution >= 4 is 44.0 Å². The summed E-state index contributed by atoms with van der Waals surface area (Å²) in [5.41, 5.74) is 2.81. The molecule has 1 N–H and O–H groups in total. The summed E-state index contributed by atoms with van der Waals surface area (Å²) >= 11 is 4.19. The molecule has 3 rings (SSSR count). The van der Waals surface area contributed by atoms with E-state index in [1.165, 1.54) is 24.8 Å². The Balaban J connectivity index is 1.92. The number of nitrogens with one attached hydrogen (secondary N) is 1. The second-order valence-corrected chi connectivity index (χ2v) is 7.28. The van der Waals surface area contributed by atoms with Crippen LogP contribution >= 0.6 is 33.9 Å². The number of thiophene rings is 1. The molecule has 2 aromatic carbocycles. The average Bonchev–Trinajstić information content (AvgIpc) is 2.93. The predicted octanol–water partition coefficient (Wildman–Crippen LogP) is 5.40. The molecule has 0 bridgehead atoms. The zero-order chi connectivity index (χ0) is 14.7. The van der Waals surface area contributed by atoms with Crippen molar-refractivity contribution in [2.45, 2.75) is 19.4 Å². The van der Waals surface area contributed by atoms with Crippen molar-refractivity contribution in [3.8, 4) is 0 Å². The van der Waals surface area contributed by atoms with E-state index >= 15 is 0 Å². The van der Waals surface area contributed by atoms with Crippen LogP contribution in [0, 0.1) is 3.57 Å². The minimum atomic E-state index is 0.381. The fraction of sp³-hybridized carbons (Fsp3) is 0.222. The van der Waals surface area contributed by atoms with Crippen LogP contribution in [0.3, 0.4) is 0 Å². The summed E-state index contributed by atoms with van der Waals surface area (Å²) in [6, 6.07) is 17.9. The van der Waals surface area contributed by atoms with E-state index in [4.69, 9.17) is 0 Å². The van der Waals surface area contributed by atoms with Crippen LogP contribution in [0.2, 0.25) is 0 Å². The molecule has 0 spiro atoms. The van der Waals surface area contributed by atoms with Gasteiger partial charge in [0.15, 0.2) is 0 Å². The number of rotatable bonds is 5. The summed E-state index contributed by atoms with van der Waals surface area (Å²) < 4.78 is 2.66. The van der Waals surface area contributed by atoms with Crippen LogP contribution < -0.4 is 5.32 Å². The molecule has 1 atom stereocenters. The summed E-state index contributed by atoms with van der Waals surface area (Å²) in [6.07, 6.45) is 1.03. The Labute approximate surface area is 143 Å². The van der Waals surface area contributed by atoms with Crippen LogP contribution in [-0.2, 0) is 6.42 Å². The molecule has 1 nitrogen and oxygen atoms in total. The molecule has 108 valence electrons. The van der Waals surface area contributed by atoms with Crippen molar-refractivity contribution < 1.29 is 0 Å². The van der Waals surface area contributed by atoms with Gasteiger partial charge in [-0.3, -0.25) is 0 Å². The first-order valence-electron chi connectivity index (χ1n) is 7.22. The maximum absolute atomic E-state index is 3.65. The highest BCUT2D eigenvalue weighted by Gasteiger charge is 2.15. The highest BCUT2D eigenvalue weighted by Crippen LogP contribution is 2.31. The van der Waals surface area contributed by atoms with Gasteiger partial charge in [0.25, 0.3) is 0 Å². The van der Waals surface area contributed by atoms with E-state index in [2.05, 4.69) is 88.7 Å². The van der Waals surface area contributed by atoms with Crippen LogP contribution in [0.5, 0.6) is 0 Å². The SMILES string of the molecule is CCNC(Cc1ccc(I)cc1)c1csc2ccccc12. The Kier molecular flexibility index (Phi) is 4.93. The van der Waals surface area contributed by atoms with Gasteiger partial charge in [0, 0.05) is 14.3 Å². The molecule has 21 heavy (non-hydrogen) atoms. The molecule has 0 amide bonds. The summed E-state index contributed by atoms with van der Waals surface area (Å²) in [4.78, 5) is 0. The van der Waals surface area contributed by atoms with Crippen molar-refractivity contribution in [3.05, 3.63) is 68.6 Å². The zero-order valence-corrected chi connectivity index (χ0v) is 14.9. The van der Waals surface area contributed by atoms with Crippen molar-refractivity contribution in [2.75, 3.05) is 6.54 Å². The smallest absolute Gasteiger partial charge is 0.0375 e. The van der Waals surface area contributed by atoms with Gasteiger partial charge in [0.05, 0.1) is 0 Å². The van der Waals surface area contributed by atoms with Crippen molar-refractivity contribution in [2.24, 2.45) is 0 Å². The zero-order valence-electron chi connectivity index (χ0n) is 12.0. The Morgan fingerprint density at radius 2 is 1.86 bits per heavy atom. The number of hydrogen-bond acceptors (Lipinski definition) is 2. The lowest BCUT2D eigenvalue weighted by Crippen LogP contribution is -2.22. The lowest BCUT2D eigenvalue weighted by Gasteiger charge is -2.18. The van der Waals surface area contributed by atoms with Gasteiger partial charge in [-0.25, -0.2) is 0 Å². The maximum Gasteiger partial charge on any atom is 0.0375 e. The van der Waals surface area contributed by atoms with E-state index < -0.39 is 0 Å². The average molecular weight is 407 g/mol. The molecule has 0 saturated carbocycles. The number of halogens is 1. The number of fused-ring (bicyclic) bond motifs is 1. The summed E-state index contributed by atoms with van der Waals surface area (Å²) in [5.74, 6) is 0. The predicted molar refractivity (Wildman–Crippen MR) is 101 cm³/mol. The van der Waals surface area contributed by atoms with Gasteiger partial charge in [-0.1, -0.05) is 37.3 Å². The Morgan fingerprint density at radius 3 is 2.62 bits per heavy atom. The van der Waals surface area contributed by atoms with Gasteiger partial charge in [-0.15, -0.1) is 11.3 Å². The quantitative estimate of drug-likeness (QED) is 0.559. The number of likely N-dealkylation sites (N-methyl/N-ethyl adjacent to an activating group) is 1. The van der Waals surface area contributed by atoms with Gasteiger partial charge in [0.1, 0.15) is 0 Å². The lowest BCUT2D eigenvalue weighted by molar-refractivity contribution is 0.554. The van der Waals surface area contributed by atoms with Crippen molar-refractivity contribution in [1.29, 1.82) is 0 Å². The molecule has 0 radical (unpaired) electrons. The molecule has 3 heteroatoms. The van der Waals surface area contributed by atoms with Crippen LogP contribution in [0.25, 0.3) is 10.1 Å². The number of benzene rings is 2. The van der Waals surface area contributed by atoms with E-state index in [0.717, 1.165) is 13.0 Å². The first kappa shape index (κ1) is 15.0. The first-order chi connectivity index (χ1) is 10.3. The molecular weight excluding hydrogens is 389 g/mol. The fourth-order valence-electron chi connectivity index (χ4n) is 2.66. The van der Waals surface area contributed by atoms with Gasteiger partial charge in [0.2, 0.25) is 0 Å². The van der Waals surface area contributed by atoms with Gasteiger partial charge >= 0.3 is 0 Å². The summed E-state index contributed by atoms with van der Waals surface area (Å²) in [6.45, 7) is 3.16. The fourth-order valence-corrected chi connectivity index (χ4v) is 4.04. The largest absolute Gasteiger partial charge is 0.310 e. The minimum Gasteiger partial charge on any atom is -0.310 e. The van der Waals surface area contributed by atoms with Crippen molar-refractivity contribution in [1.82, 2.24) is 5.32 Å².